The lowest BCUT2D eigenvalue weighted by Gasteiger charge is -2.37. The van der Waals surface area contributed by atoms with E-state index in [0.717, 1.165) is 12.1 Å². The molecule has 0 amide bonds. The topological polar surface area (TPSA) is 29.5 Å². The predicted octanol–water partition coefficient (Wildman–Crippen LogP) is 3.63. The van der Waals surface area contributed by atoms with Crippen molar-refractivity contribution in [1.82, 2.24) is 0 Å². The molecule has 0 saturated heterocycles. The van der Waals surface area contributed by atoms with E-state index < -0.39 is 22.9 Å². The van der Waals surface area contributed by atoms with Gasteiger partial charge < -0.3 is 9.84 Å². The summed E-state index contributed by atoms with van der Waals surface area (Å²) < 4.78 is 42.6. The van der Waals surface area contributed by atoms with Gasteiger partial charge in [-0.3, -0.25) is 0 Å². The summed E-state index contributed by atoms with van der Waals surface area (Å²) in [5.41, 5.74) is -2.75. The second-order valence-corrected chi connectivity index (χ2v) is 5.19. The molecule has 0 aliphatic carbocycles. The first-order valence-corrected chi connectivity index (χ1v) is 5.52. The molecule has 1 N–H and O–H groups in total. The van der Waals surface area contributed by atoms with Gasteiger partial charge in [0, 0.05) is 0 Å². The third-order valence-electron chi connectivity index (χ3n) is 3.03. The highest BCUT2D eigenvalue weighted by Crippen LogP contribution is 2.32. The Labute approximate surface area is 104 Å². The number of alkyl halides is 3. The van der Waals surface area contributed by atoms with E-state index in [4.69, 9.17) is 4.74 Å². The molecular formula is C13H17F3O2. The number of ether oxygens (including phenoxy) is 1. The molecule has 0 spiro atoms. The van der Waals surface area contributed by atoms with Crippen LogP contribution in [-0.4, -0.2) is 16.3 Å². The minimum atomic E-state index is -4.36. The first-order valence-electron chi connectivity index (χ1n) is 5.52. The van der Waals surface area contributed by atoms with Crippen molar-refractivity contribution in [3.8, 4) is 5.75 Å². The van der Waals surface area contributed by atoms with Crippen molar-refractivity contribution in [2.75, 3.05) is 0 Å². The maximum Gasteiger partial charge on any atom is 0.416 e. The highest BCUT2D eigenvalue weighted by Gasteiger charge is 2.37. The van der Waals surface area contributed by atoms with Crippen LogP contribution in [0.3, 0.4) is 0 Å². The summed E-state index contributed by atoms with van der Waals surface area (Å²) in [5.74, 6) is 0.287. The predicted molar refractivity (Wildman–Crippen MR) is 62.4 cm³/mol. The SMILES string of the molecule is CC(C)(O)C(C)(C)Oc1ccc(C(F)(F)F)cc1. The van der Waals surface area contributed by atoms with E-state index in [1.165, 1.54) is 12.1 Å². The Balaban J connectivity index is 2.89. The summed E-state index contributed by atoms with van der Waals surface area (Å²) in [6.45, 7) is 6.50. The van der Waals surface area contributed by atoms with E-state index in [9.17, 15) is 18.3 Å². The number of benzene rings is 1. The fraction of sp³-hybridized carbons (Fsp3) is 0.538. The van der Waals surface area contributed by atoms with Gasteiger partial charge in [-0.05, 0) is 52.0 Å². The zero-order chi connectivity index (χ0) is 14.2. The molecule has 18 heavy (non-hydrogen) atoms. The number of rotatable bonds is 3. The van der Waals surface area contributed by atoms with Gasteiger partial charge >= 0.3 is 6.18 Å². The van der Waals surface area contributed by atoms with Crippen LogP contribution in [-0.2, 0) is 6.18 Å². The van der Waals surface area contributed by atoms with Crippen molar-refractivity contribution in [3.05, 3.63) is 29.8 Å². The van der Waals surface area contributed by atoms with E-state index in [1.807, 2.05) is 0 Å². The molecule has 2 nitrogen and oxygen atoms in total. The normalized spacial score (nSPS) is 13.6. The summed E-state index contributed by atoms with van der Waals surface area (Å²) in [7, 11) is 0. The van der Waals surface area contributed by atoms with Crippen LogP contribution in [0.5, 0.6) is 5.75 Å². The first kappa shape index (κ1) is 14.8. The number of halogens is 3. The van der Waals surface area contributed by atoms with Gasteiger partial charge in [-0.25, -0.2) is 0 Å². The molecular weight excluding hydrogens is 245 g/mol. The lowest BCUT2D eigenvalue weighted by Crippen LogP contribution is -2.49. The number of hydrogen-bond donors (Lipinski definition) is 1. The quantitative estimate of drug-likeness (QED) is 0.901. The number of hydrogen-bond acceptors (Lipinski definition) is 2. The van der Waals surface area contributed by atoms with Crippen LogP contribution in [0.25, 0.3) is 0 Å². The average molecular weight is 262 g/mol. The second kappa shape index (κ2) is 4.46. The fourth-order valence-electron chi connectivity index (χ4n) is 1.13. The van der Waals surface area contributed by atoms with Gasteiger partial charge in [0.2, 0.25) is 0 Å². The largest absolute Gasteiger partial charge is 0.485 e. The Morgan fingerprint density at radius 2 is 1.39 bits per heavy atom. The minimum Gasteiger partial charge on any atom is -0.485 e. The summed E-state index contributed by atoms with van der Waals surface area (Å²) in [5, 5.41) is 9.89. The van der Waals surface area contributed by atoms with Crippen LogP contribution in [0, 0.1) is 0 Å². The van der Waals surface area contributed by atoms with Crippen LogP contribution in [0.1, 0.15) is 33.3 Å². The van der Waals surface area contributed by atoms with E-state index in [-0.39, 0.29) is 5.75 Å². The Morgan fingerprint density at radius 3 is 1.72 bits per heavy atom. The molecule has 0 saturated carbocycles. The van der Waals surface area contributed by atoms with Crippen LogP contribution in [0.4, 0.5) is 13.2 Å². The molecule has 0 aliphatic heterocycles. The third kappa shape index (κ3) is 3.38. The average Bonchev–Trinajstić information content (AvgIpc) is 2.14. The van der Waals surface area contributed by atoms with Crippen LogP contribution < -0.4 is 4.74 Å². The third-order valence-corrected chi connectivity index (χ3v) is 3.03. The van der Waals surface area contributed by atoms with E-state index in [2.05, 4.69) is 0 Å². The molecule has 0 aromatic heterocycles. The Morgan fingerprint density at radius 1 is 0.944 bits per heavy atom. The second-order valence-electron chi connectivity index (χ2n) is 5.19. The van der Waals surface area contributed by atoms with Gasteiger partial charge in [0.25, 0.3) is 0 Å². The van der Waals surface area contributed by atoms with Crippen LogP contribution >= 0.6 is 0 Å². The van der Waals surface area contributed by atoms with Crippen molar-refractivity contribution in [3.63, 3.8) is 0 Å². The summed E-state index contributed by atoms with van der Waals surface area (Å²) in [6.07, 6.45) is -4.36. The van der Waals surface area contributed by atoms with E-state index in [1.54, 1.807) is 27.7 Å². The Hall–Kier alpha value is -1.23. The molecule has 0 heterocycles. The van der Waals surface area contributed by atoms with Crippen LogP contribution in [0.15, 0.2) is 24.3 Å². The maximum atomic E-state index is 12.4. The highest BCUT2D eigenvalue weighted by molar-refractivity contribution is 5.29. The molecule has 1 aromatic rings. The molecule has 0 radical (unpaired) electrons. The summed E-state index contributed by atoms with van der Waals surface area (Å²) in [4.78, 5) is 0. The molecule has 1 aromatic carbocycles. The maximum absolute atomic E-state index is 12.4. The molecule has 102 valence electrons. The fourth-order valence-corrected chi connectivity index (χ4v) is 1.13. The van der Waals surface area contributed by atoms with Crippen molar-refractivity contribution in [2.45, 2.75) is 45.1 Å². The molecule has 0 aliphatic rings. The standard InChI is InChI=1S/C13H17F3O2/c1-11(2,17)12(3,4)18-10-7-5-9(6-8-10)13(14,15)16/h5-8,17H,1-4H3. The van der Waals surface area contributed by atoms with Crippen molar-refractivity contribution in [1.29, 1.82) is 0 Å². The van der Waals surface area contributed by atoms with Gasteiger partial charge in [-0.15, -0.1) is 0 Å². The summed E-state index contributed by atoms with van der Waals surface area (Å²) >= 11 is 0. The molecule has 1 rings (SSSR count). The van der Waals surface area contributed by atoms with Gasteiger partial charge in [-0.1, -0.05) is 0 Å². The lowest BCUT2D eigenvalue weighted by atomic mass is 9.89. The Kier molecular flexibility index (Phi) is 3.68. The smallest absolute Gasteiger partial charge is 0.416 e. The van der Waals surface area contributed by atoms with Crippen molar-refractivity contribution >= 4 is 0 Å². The molecule has 0 unspecified atom stereocenters. The first-order chi connectivity index (χ1) is 7.93. The molecule has 0 bridgehead atoms. The minimum absolute atomic E-state index is 0.287. The van der Waals surface area contributed by atoms with Gasteiger partial charge in [0.1, 0.15) is 11.4 Å². The van der Waals surface area contributed by atoms with Gasteiger partial charge in [-0.2, -0.15) is 13.2 Å². The molecule has 5 heteroatoms. The zero-order valence-corrected chi connectivity index (χ0v) is 10.8. The van der Waals surface area contributed by atoms with Gasteiger partial charge in [0.15, 0.2) is 0 Å². The van der Waals surface area contributed by atoms with Crippen LogP contribution in [0.2, 0.25) is 0 Å². The number of aliphatic hydroxyl groups is 1. The highest BCUT2D eigenvalue weighted by atomic mass is 19.4. The lowest BCUT2D eigenvalue weighted by molar-refractivity contribution is -0.137. The molecule has 0 fully saturated rings. The van der Waals surface area contributed by atoms with Crippen molar-refractivity contribution in [2.24, 2.45) is 0 Å². The zero-order valence-electron chi connectivity index (χ0n) is 10.8. The van der Waals surface area contributed by atoms with E-state index in [0.29, 0.717) is 0 Å². The molecule has 0 atom stereocenters. The van der Waals surface area contributed by atoms with Crippen molar-refractivity contribution < 1.29 is 23.0 Å². The Bertz CT molecular complexity index is 400. The monoisotopic (exact) mass is 262 g/mol. The van der Waals surface area contributed by atoms with E-state index >= 15 is 0 Å². The van der Waals surface area contributed by atoms with Gasteiger partial charge in [0.05, 0.1) is 11.2 Å². The summed E-state index contributed by atoms with van der Waals surface area (Å²) in [6, 6.07) is 4.40.